The zero-order valence-electron chi connectivity index (χ0n) is 14.2. The molecule has 26 heavy (non-hydrogen) atoms. The molecule has 0 saturated carbocycles. The predicted octanol–water partition coefficient (Wildman–Crippen LogP) is 3.00. The van der Waals surface area contributed by atoms with Crippen LogP contribution in [0, 0.1) is 0 Å². The highest BCUT2D eigenvalue weighted by Crippen LogP contribution is 2.32. The quantitative estimate of drug-likeness (QED) is 0.531. The summed E-state index contributed by atoms with van der Waals surface area (Å²) in [5.41, 5.74) is 1.90. The van der Waals surface area contributed by atoms with Gasteiger partial charge in [-0.05, 0) is 29.1 Å². The summed E-state index contributed by atoms with van der Waals surface area (Å²) in [6, 6.07) is 9.84. The maximum atomic E-state index is 5.52. The van der Waals surface area contributed by atoms with Crippen molar-refractivity contribution in [2.45, 2.75) is 13.1 Å². The van der Waals surface area contributed by atoms with Crippen molar-refractivity contribution in [1.82, 2.24) is 15.6 Å². The minimum Gasteiger partial charge on any atom is -0.454 e. The molecular formula is C18H18N4O3S. The summed E-state index contributed by atoms with van der Waals surface area (Å²) in [6.45, 7) is 1.42. The highest BCUT2D eigenvalue weighted by Gasteiger charge is 2.13. The average Bonchev–Trinajstić information content (AvgIpc) is 3.41. The summed E-state index contributed by atoms with van der Waals surface area (Å²) >= 11 is 1.60. The van der Waals surface area contributed by atoms with Gasteiger partial charge in [0.05, 0.1) is 17.1 Å². The Hall–Kier alpha value is -3.00. The highest BCUT2D eigenvalue weighted by molar-refractivity contribution is 7.13. The predicted molar refractivity (Wildman–Crippen MR) is 99.4 cm³/mol. The summed E-state index contributed by atoms with van der Waals surface area (Å²) < 4.78 is 16.2. The number of oxazole rings is 1. The van der Waals surface area contributed by atoms with Crippen LogP contribution in [0.5, 0.6) is 11.5 Å². The molecule has 2 aromatic heterocycles. The minimum atomic E-state index is 0.278. The molecule has 3 heterocycles. The second-order valence-corrected chi connectivity index (χ2v) is 6.54. The summed E-state index contributed by atoms with van der Waals surface area (Å²) in [4.78, 5) is 9.73. The largest absolute Gasteiger partial charge is 0.454 e. The number of aliphatic imine (C=N–C) groups is 1. The van der Waals surface area contributed by atoms with Crippen LogP contribution >= 0.6 is 11.3 Å². The zero-order valence-corrected chi connectivity index (χ0v) is 15.0. The third kappa shape index (κ3) is 3.65. The zero-order chi connectivity index (χ0) is 17.8. The first-order valence-corrected chi connectivity index (χ1v) is 9.01. The molecular weight excluding hydrogens is 352 g/mol. The van der Waals surface area contributed by atoms with Gasteiger partial charge >= 0.3 is 0 Å². The van der Waals surface area contributed by atoms with Gasteiger partial charge in [0.2, 0.25) is 12.7 Å². The molecule has 1 aliphatic heterocycles. The Bertz CT molecular complexity index is 905. The van der Waals surface area contributed by atoms with Crippen molar-refractivity contribution in [3.05, 3.63) is 53.2 Å². The van der Waals surface area contributed by atoms with E-state index >= 15 is 0 Å². The normalized spacial score (nSPS) is 13.0. The van der Waals surface area contributed by atoms with Crippen LogP contribution in [-0.4, -0.2) is 24.8 Å². The Morgan fingerprint density at radius 1 is 1.19 bits per heavy atom. The molecule has 2 N–H and O–H groups in total. The first-order chi connectivity index (χ1) is 12.8. The molecule has 0 radical (unpaired) electrons. The number of hydrogen-bond donors (Lipinski definition) is 2. The molecule has 8 heteroatoms. The second-order valence-electron chi connectivity index (χ2n) is 5.59. The lowest BCUT2D eigenvalue weighted by atomic mass is 10.2. The fourth-order valence-electron chi connectivity index (χ4n) is 2.53. The molecule has 0 amide bonds. The van der Waals surface area contributed by atoms with Crippen molar-refractivity contribution in [2.75, 3.05) is 13.8 Å². The fourth-order valence-corrected chi connectivity index (χ4v) is 3.19. The van der Waals surface area contributed by atoms with E-state index in [1.807, 2.05) is 35.7 Å². The van der Waals surface area contributed by atoms with E-state index in [0.29, 0.717) is 24.9 Å². The van der Waals surface area contributed by atoms with E-state index in [-0.39, 0.29) is 6.79 Å². The molecule has 0 spiro atoms. The molecule has 0 bridgehead atoms. The molecule has 7 nitrogen and oxygen atoms in total. The SMILES string of the molecule is CN=C(NCc1ccc2c(c1)OCO2)NCc1coc(-c2cccs2)n1. The van der Waals surface area contributed by atoms with Gasteiger partial charge in [-0.15, -0.1) is 11.3 Å². The molecule has 1 aliphatic rings. The first kappa shape index (κ1) is 16.5. The van der Waals surface area contributed by atoms with E-state index in [4.69, 9.17) is 13.9 Å². The van der Waals surface area contributed by atoms with Crippen molar-refractivity contribution in [3.63, 3.8) is 0 Å². The molecule has 4 rings (SSSR count). The van der Waals surface area contributed by atoms with E-state index < -0.39 is 0 Å². The molecule has 0 saturated heterocycles. The molecule has 134 valence electrons. The molecule has 0 atom stereocenters. The van der Waals surface area contributed by atoms with Crippen molar-refractivity contribution >= 4 is 17.3 Å². The number of nitrogens with one attached hydrogen (secondary N) is 2. The van der Waals surface area contributed by atoms with Crippen LogP contribution in [0.15, 0.2) is 51.4 Å². The van der Waals surface area contributed by atoms with E-state index in [1.54, 1.807) is 24.6 Å². The third-order valence-corrected chi connectivity index (χ3v) is 4.70. The van der Waals surface area contributed by atoms with E-state index in [0.717, 1.165) is 27.6 Å². The average molecular weight is 370 g/mol. The van der Waals surface area contributed by atoms with Gasteiger partial charge in [-0.3, -0.25) is 4.99 Å². The molecule has 0 aliphatic carbocycles. The maximum absolute atomic E-state index is 5.52. The Labute approximate surface area is 154 Å². The highest BCUT2D eigenvalue weighted by atomic mass is 32.1. The molecule has 0 unspecified atom stereocenters. The summed E-state index contributed by atoms with van der Waals surface area (Å²) in [5.74, 6) is 2.88. The van der Waals surface area contributed by atoms with Gasteiger partial charge in [0, 0.05) is 13.6 Å². The number of nitrogens with zero attached hydrogens (tertiary/aromatic N) is 2. The van der Waals surface area contributed by atoms with Gasteiger partial charge in [0.1, 0.15) is 6.26 Å². The van der Waals surface area contributed by atoms with E-state index in [9.17, 15) is 0 Å². The van der Waals surface area contributed by atoms with Crippen LogP contribution in [0.4, 0.5) is 0 Å². The van der Waals surface area contributed by atoms with Crippen LogP contribution in [0.3, 0.4) is 0 Å². The lowest BCUT2D eigenvalue weighted by molar-refractivity contribution is 0.174. The van der Waals surface area contributed by atoms with Gasteiger partial charge in [-0.1, -0.05) is 12.1 Å². The fraction of sp³-hybridized carbons (Fsp3) is 0.222. The first-order valence-electron chi connectivity index (χ1n) is 8.13. The van der Waals surface area contributed by atoms with Gasteiger partial charge in [-0.25, -0.2) is 4.98 Å². The number of benzene rings is 1. The van der Waals surface area contributed by atoms with Crippen molar-refractivity contribution in [2.24, 2.45) is 4.99 Å². The van der Waals surface area contributed by atoms with Crippen molar-refractivity contribution in [3.8, 4) is 22.3 Å². The number of guanidine groups is 1. The minimum absolute atomic E-state index is 0.278. The Balaban J connectivity index is 1.31. The van der Waals surface area contributed by atoms with E-state index in [1.165, 1.54) is 0 Å². The second kappa shape index (κ2) is 7.49. The summed E-state index contributed by atoms with van der Waals surface area (Å²) in [7, 11) is 1.73. The van der Waals surface area contributed by atoms with E-state index in [2.05, 4.69) is 20.6 Å². The molecule has 1 aromatic carbocycles. The van der Waals surface area contributed by atoms with Crippen molar-refractivity contribution in [1.29, 1.82) is 0 Å². The Kier molecular flexibility index (Phi) is 4.74. The number of thiophene rings is 1. The monoisotopic (exact) mass is 370 g/mol. The smallest absolute Gasteiger partial charge is 0.236 e. The van der Waals surface area contributed by atoms with Crippen LogP contribution in [0.1, 0.15) is 11.3 Å². The van der Waals surface area contributed by atoms with Crippen LogP contribution in [0.25, 0.3) is 10.8 Å². The standard InChI is InChI=1S/C18H18N4O3S/c1-19-18(20-8-12-4-5-14-15(7-12)25-11-24-14)21-9-13-10-23-17(22-13)16-3-2-6-26-16/h2-7,10H,8-9,11H2,1H3,(H2,19,20,21). The number of fused-ring (bicyclic) bond motifs is 1. The number of ether oxygens (including phenoxy) is 2. The van der Waals surface area contributed by atoms with Gasteiger partial charge in [0.15, 0.2) is 17.5 Å². The van der Waals surface area contributed by atoms with Gasteiger partial charge in [-0.2, -0.15) is 0 Å². The Morgan fingerprint density at radius 2 is 2.08 bits per heavy atom. The lowest BCUT2D eigenvalue weighted by Crippen LogP contribution is -2.36. The summed E-state index contributed by atoms with van der Waals surface area (Å²) in [5, 5.41) is 8.50. The third-order valence-electron chi connectivity index (χ3n) is 3.84. The molecule has 0 fully saturated rings. The van der Waals surface area contributed by atoms with Crippen LogP contribution < -0.4 is 20.1 Å². The van der Waals surface area contributed by atoms with Gasteiger partial charge in [0.25, 0.3) is 0 Å². The Morgan fingerprint density at radius 3 is 2.92 bits per heavy atom. The number of rotatable bonds is 5. The van der Waals surface area contributed by atoms with Gasteiger partial charge < -0.3 is 24.5 Å². The van der Waals surface area contributed by atoms with Crippen molar-refractivity contribution < 1.29 is 13.9 Å². The number of hydrogen-bond acceptors (Lipinski definition) is 6. The lowest BCUT2D eigenvalue weighted by Gasteiger charge is -2.11. The topological polar surface area (TPSA) is 80.9 Å². The molecule has 3 aromatic rings. The number of aromatic nitrogens is 1. The van der Waals surface area contributed by atoms with Crippen LogP contribution in [-0.2, 0) is 13.1 Å². The van der Waals surface area contributed by atoms with Crippen LogP contribution in [0.2, 0.25) is 0 Å². The maximum Gasteiger partial charge on any atom is 0.236 e. The summed E-state index contributed by atoms with van der Waals surface area (Å²) in [6.07, 6.45) is 1.66.